The van der Waals surface area contributed by atoms with Gasteiger partial charge < -0.3 is 14.7 Å². The monoisotopic (exact) mass is 433 g/mol. The number of esters is 1. The second kappa shape index (κ2) is 8.32. The molecular formula is C23H23N5O4. The van der Waals surface area contributed by atoms with Crippen LogP contribution in [0.1, 0.15) is 29.4 Å². The fourth-order valence-electron chi connectivity index (χ4n) is 3.55. The Kier molecular flexibility index (Phi) is 5.55. The van der Waals surface area contributed by atoms with E-state index >= 15 is 0 Å². The van der Waals surface area contributed by atoms with Crippen LogP contribution in [0, 0.1) is 11.8 Å². The van der Waals surface area contributed by atoms with Crippen LogP contribution in [0.5, 0.6) is 0 Å². The summed E-state index contributed by atoms with van der Waals surface area (Å²) in [6.45, 7) is 2.44. The maximum absolute atomic E-state index is 12.5. The number of carbonyl (C=O) groups excluding carboxylic acids is 2. The minimum absolute atomic E-state index is 0.181. The average molecular weight is 433 g/mol. The summed E-state index contributed by atoms with van der Waals surface area (Å²) in [6.07, 6.45) is 3.65. The van der Waals surface area contributed by atoms with Gasteiger partial charge in [0.25, 0.3) is 5.91 Å². The minimum Gasteiger partial charge on any atom is -0.461 e. The number of carbonyl (C=O) groups is 2. The largest absolute Gasteiger partial charge is 0.461 e. The summed E-state index contributed by atoms with van der Waals surface area (Å²) in [6, 6.07) is 8.96. The molecule has 0 aliphatic carbocycles. The van der Waals surface area contributed by atoms with Gasteiger partial charge >= 0.3 is 5.97 Å². The van der Waals surface area contributed by atoms with E-state index < -0.39 is 17.5 Å². The first-order valence-corrected chi connectivity index (χ1v) is 10.2. The van der Waals surface area contributed by atoms with Gasteiger partial charge in [0.15, 0.2) is 5.69 Å². The third-order valence-electron chi connectivity index (χ3n) is 5.31. The summed E-state index contributed by atoms with van der Waals surface area (Å²) in [5, 5.41) is 19.1. The third-order valence-corrected chi connectivity index (χ3v) is 5.31. The molecule has 3 aromatic rings. The number of nitrogens with zero attached hydrogens (tertiary/aromatic N) is 5. The number of aryl methyl sites for hydroxylation is 1. The first kappa shape index (κ1) is 21.3. The van der Waals surface area contributed by atoms with Crippen molar-refractivity contribution in [2.45, 2.75) is 18.9 Å². The number of amides is 1. The van der Waals surface area contributed by atoms with Crippen LogP contribution in [0.25, 0.3) is 16.9 Å². The highest BCUT2D eigenvalue weighted by Crippen LogP contribution is 2.25. The van der Waals surface area contributed by atoms with Crippen LogP contribution < -0.4 is 0 Å². The van der Waals surface area contributed by atoms with E-state index in [9.17, 15) is 14.7 Å². The number of hydrogen-bond acceptors (Lipinski definition) is 6. The van der Waals surface area contributed by atoms with Gasteiger partial charge in [0, 0.05) is 45.0 Å². The molecule has 0 bridgehead atoms. The van der Waals surface area contributed by atoms with E-state index in [1.54, 1.807) is 67.0 Å². The third kappa shape index (κ3) is 3.88. The van der Waals surface area contributed by atoms with Crippen molar-refractivity contribution < 1.29 is 19.4 Å². The Morgan fingerprint density at radius 3 is 2.78 bits per heavy atom. The molecule has 0 radical (unpaired) electrons. The molecule has 4 rings (SSSR count). The molecule has 1 saturated heterocycles. The molecule has 0 saturated carbocycles. The van der Waals surface area contributed by atoms with Crippen LogP contribution in [0.2, 0.25) is 0 Å². The zero-order valence-corrected chi connectivity index (χ0v) is 18.1. The van der Waals surface area contributed by atoms with Gasteiger partial charge in [0.1, 0.15) is 0 Å². The fourth-order valence-corrected chi connectivity index (χ4v) is 3.55. The van der Waals surface area contributed by atoms with E-state index in [0.717, 1.165) is 5.69 Å². The van der Waals surface area contributed by atoms with Crippen molar-refractivity contribution in [3.05, 3.63) is 54.0 Å². The molecule has 0 spiro atoms. The molecule has 164 valence electrons. The van der Waals surface area contributed by atoms with Crippen LogP contribution in [-0.4, -0.2) is 67.2 Å². The predicted molar refractivity (Wildman–Crippen MR) is 116 cm³/mol. The molecule has 9 heteroatoms. The topological polar surface area (TPSA) is 102 Å². The Balaban J connectivity index is 1.71. The maximum atomic E-state index is 12.5. The van der Waals surface area contributed by atoms with E-state index in [0.29, 0.717) is 23.4 Å². The molecule has 1 fully saturated rings. The SMILES string of the molecule is CCOC(=O)c1nn(-c2cccc(C#C[C@]3(O)CCN(C)C3=O)c2)cc1-c1ccnn1C. The van der Waals surface area contributed by atoms with Crippen molar-refractivity contribution in [3.63, 3.8) is 0 Å². The zero-order valence-electron chi connectivity index (χ0n) is 18.1. The van der Waals surface area contributed by atoms with Crippen molar-refractivity contribution in [1.29, 1.82) is 0 Å². The highest BCUT2D eigenvalue weighted by Gasteiger charge is 2.42. The molecule has 1 aromatic carbocycles. The van der Waals surface area contributed by atoms with Crippen molar-refractivity contribution >= 4 is 11.9 Å². The van der Waals surface area contributed by atoms with Gasteiger partial charge in [-0.15, -0.1) is 0 Å². The molecular weight excluding hydrogens is 410 g/mol. The molecule has 1 N–H and O–H groups in total. The number of benzene rings is 1. The number of likely N-dealkylation sites (tertiary alicyclic amines) is 1. The van der Waals surface area contributed by atoms with Crippen LogP contribution in [-0.2, 0) is 16.6 Å². The predicted octanol–water partition coefficient (Wildman–Crippen LogP) is 1.39. The van der Waals surface area contributed by atoms with Gasteiger partial charge in [0.05, 0.1) is 23.6 Å². The number of aromatic nitrogens is 4. The van der Waals surface area contributed by atoms with Crippen molar-refractivity contribution in [1.82, 2.24) is 24.5 Å². The molecule has 1 aliphatic rings. The number of aliphatic hydroxyl groups is 1. The minimum atomic E-state index is -1.67. The number of hydrogen-bond donors (Lipinski definition) is 1. The van der Waals surface area contributed by atoms with Crippen molar-refractivity contribution in [2.24, 2.45) is 7.05 Å². The van der Waals surface area contributed by atoms with Crippen LogP contribution in [0.4, 0.5) is 0 Å². The summed E-state index contributed by atoms with van der Waals surface area (Å²) in [5.74, 6) is 4.69. The molecule has 1 aliphatic heterocycles. The van der Waals surface area contributed by atoms with Crippen LogP contribution >= 0.6 is 0 Å². The number of likely N-dealkylation sites (N-methyl/N-ethyl adjacent to an activating group) is 1. The smallest absolute Gasteiger partial charge is 0.359 e. The molecule has 9 nitrogen and oxygen atoms in total. The Hall–Kier alpha value is -3.90. The van der Waals surface area contributed by atoms with Gasteiger partial charge in [0.2, 0.25) is 5.60 Å². The average Bonchev–Trinajstić information content (AvgIpc) is 3.47. The Bertz CT molecular complexity index is 1250. The van der Waals surface area contributed by atoms with Crippen molar-refractivity contribution in [2.75, 3.05) is 20.2 Å². The first-order valence-electron chi connectivity index (χ1n) is 10.2. The molecule has 1 atom stereocenters. The second-order valence-corrected chi connectivity index (χ2v) is 7.53. The number of rotatable bonds is 4. The van der Waals surface area contributed by atoms with E-state index in [2.05, 4.69) is 22.0 Å². The summed E-state index contributed by atoms with van der Waals surface area (Å²) in [5.41, 5.74) is 1.10. The fraction of sp³-hybridized carbons (Fsp3) is 0.304. The molecule has 3 heterocycles. The van der Waals surface area contributed by atoms with Gasteiger partial charge in [-0.2, -0.15) is 10.2 Å². The van der Waals surface area contributed by atoms with Crippen LogP contribution in [0.3, 0.4) is 0 Å². The Labute approximate surface area is 185 Å². The lowest BCUT2D eigenvalue weighted by atomic mass is 10.0. The first-order chi connectivity index (χ1) is 15.3. The van der Waals surface area contributed by atoms with Crippen molar-refractivity contribution in [3.8, 4) is 28.8 Å². The lowest BCUT2D eigenvalue weighted by Crippen LogP contribution is -2.37. The molecule has 2 aromatic heterocycles. The van der Waals surface area contributed by atoms with E-state index in [-0.39, 0.29) is 18.7 Å². The Morgan fingerprint density at radius 2 is 2.12 bits per heavy atom. The normalized spacial score (nSPS) is 17.9. The highest BCUT2D eigenvalue weighted by atomic mass is 16.5. The molecule has 32 heavy (non-hydrogen) atoms. The summed E-state index contributed by atoms with van der Waals surface area (Å²) < 4.78 is 8.40. The van der Waals surface area contributed by atoms with Gasteiger partial charge in [-0.25, -0.2) is 9.48 Å². The van der Waals surface area contributed by atoms with Gasteiger partial charge in [-0.3, -0.25) is 9.48 Å². The summed E-state index contributed by atoms with van der Waals surface area (Å²) in [7, 11) is 3.42. The molecule has 1 amide bonds. The maximum Gasteiger partial charge on any atom is 0.359 e. The second-order valence-electron chi connectivity index (χ2n) is 7.53. The lowest BCUT2D eigenvalue weighted by molar-refractivity contribution is -0.137. The summed E-state index contributed by atoms with van der Waals surface area (Å²) in [4.78, 5) is 26.1. The summed E-state index contributed by atoms with van der Waals surface area (Å²) >= 11 is 0. The zero-order chi connectivity index (χ0) is 22.9. The number of ether oxygens (including phenoxy) is 1. The van der Waals surface area contributed by atoms with E-state index in [4.69, 9.17) is 4.74 Å². The van der Waals surface area contributed by atoms with Gasteiger partial charge in [-0.05, 0) is 31.2 Å². The van der Waals surface area contributed by atoms with Gasteiger partial charge in [-0.1, -0.05) is 17.9 Å². The van der Waals surface area contributed by atoms with E-state index in [1.165, 1.54) is 4.90 Å². The molecule has 0 unspecified atom stereocenters. The lowest BCUT2D eigenvalue weighted by Gasteiger charge is -2.13. The standard InChI is InChI=1S/C23H23N5O4/c1-4-32-21(29)20-18(19-9-12-24-27(19)3)15-28(25-20)17-7-5-6-16(14-17)8-10-23(31)11-13-26(2)22(23)30/h5-7,9,12,14-15,31H,4,11,13H2,1-3H3/t23-/m0/s1. The van der Waals surface area contributed by atoms with E-state index in [1.807, 2.05) is 6.07 Å². The Morgan fingerprint density at radius 1 is 1.31 bits per heavy atom. The van der Waals surface area contributed by atoms with Crippen LogP contribution in [0.15, 0.2) is 42.7 Å². The quantitative estimate of drug-likeness (QED) is 0.493. The highest BCUT2D eigenvalue weighted by molar-refractivity contribution is 5.94.